The van der Waals surface area contributed by atoms with Crippen LogP contribution in [0.3, 0.4) is 0 Å². The minimum absolute atomic E-state index is 0.115. The summed E-state index contributed by atoms with van der Waals surface area (Å²) in [7, 11) is 3.61. The first-order valence-electron chi connectivity index (χ1n) is 7.38. The fourth-order valence-electron chi connectivity index (χ4n) is 2.84. The van der Waals surface area contributed by atoms with Gasteiger partial charge < -0.3 is 15.1 Å². The lowest BCUT2D eigenvalue weighted by Crippen LogP contribution is -2.46. The lowest BCUT2D eigenvalue weighted by Gasteiger charge is -2.34. The molecule has 0 saturated carbocycles. The van der Waals surface area contributed by atoms with E-state index in [0.29, 0.717) is 6.04 Å². The second-order valence-corrected chi connectivity index (χ2v) is 6.91. The number of aryl methyl sites for hydroxylation is 2. The predicted octanol–water partition coefficient (Wildman–Crippen LogP) is 3.62. The highest BCUT2D eigenvalue weighted by molar-refractivity contribution is 9.10. The van der Waals surface area contributed by atoms with Crippen molar-refractivity contribution in [3.05, 3.63) is 27.7 Å². The van der Waals surface area contributed by atoms with Crippen LogP contribution in [0.1, 0.15) is 24.0 Å². The van der Waals surface area contributed by atoms with Crippen molar-refractivity contribution in [3.8, 4) is 0 Å². The normalized spacial score (nSPS) is 16.0. The van der Waals surface area contributed by atoms with Crippen LogP contribution in [0.5, 0.6) is 0 Å². The van der Waals surface area contributed by atoms with E-state index in [-0.39, 0.29) is 6.03 Å². The van der Waals surface area contributed by atoms with Crippen molar-refractivity contribution in [3.63, 3.8) is 0 Å². The molecule has 0 radical (unpaired) electrons. The minimum atomic E-state index is 0.115. The Balaban J connectivity index is 1.97. The zero-order valence-corrected chi connectivity index (χ0v) is 14.8. The number of nitrogens with zero attached hydrogens (tertiary/aromatic N) is 2. The highest BCUT2D eigenvalue weighted by atomic mass is 79.9. The van der Waals surface area contributed by atoms with Crippen LogP contribution in [-0.2, 0) is 0 Å². The Morgan fingerprint density at radius 2 is 1.76 bits per heavy atom. The molecule has 1 aromatic carbocycles. The molecule has 5 heteroatoms. The van der Waals surface area contributed by atoms with Crippen molar-refractivity contribution < 1.29 is 4.79 Å². The summed E-state index contributed by atoms with van der Waals surface area (Å²) < 4.78 is 1.12. The van der Waals surface area contributed by atoms with Gasteiger partial charge in [0.2, 0.25) is 0 Å². The Bertz CT molecular complexity index is 499. The van der Waals surface area contributed by atoms with Gasteiger partial charge in [-0.25, -0.2) is 4.79 Å². The number of amides is 2. The van der Waals surface area contributed by atoms with Crippen LogP contribution in [0.4, 0.5) is 10.5 Å². The van der Waals surface area contributed by atoms with Gasteiger partial charge in [0.25, 0.3) is 0 Å². The highest BCUT2D eigenvalue weighted by Crippen LogP contribution is 2.27. The number of piperidine rings is 1. The molecule has 1 N–H and O–H groups in total. The van der Waals surface area contributed by atoms with E-state index < -0.39 is 0 Å². The van der Waals surface area contributed by atoms with Crippen molar-refractivity contribution in [2.24, 2.45) is 0 Å². The predicted molar refractivity (Wildman–Crippen MR) is 90.9 cm³/mol. The van der Waals surface area contributed by atoms with Gasteiger partial charge in [-0.3, -0.25) is 0 Å². The maximum Gasteiger partial charge on any atom is 0.319 e. The van der Waals surface area contributed by atoms with Crippen LogP contribution in [0, 0.1) is 13.8 Å². The number of carbonyl (C=O) groups is 1. The third-order valence-corrected chi connectivity index (χ3v) is 4.45. The van der Waals surface area contributed by atoms with Gasteiger partial charge in [0.15, 0.2) is 0 Å². The van der Waals surface area contributed by atoms with E-state index in [0.717, 1.165) is 30.4 Å². The lowest BCUT2D eigenvalue weighted by atomic mass is 10.0. The fourth-order valence-corrected chi connectivity index (χ4v) is 3.53. The van der Waals surface area contributed by atoms with Gasteiger partial charge in [-0.15, -0.1) is 0 Å². The Hall–Kier alpha value is -1.23. The zero-order valence-electron chi connectivity index (χ0n) is 13.2. The van der Waals surface area contributed by atoms with E-state index in [9.17, 15) is 4.79 Å². The molecule has 1 aromatic rings. The number of hydrogen-bond donors (Lipinski definition) is 1. The molecule has 0 aromatic heterocycles. The van der Waals surface area contributed by atoms with E-state index >= 15 is 0 Å². The van der Waals surface area contributed by atoms with Crippen LogP contribution >= 0.6 is 15.9 Å². The summed E-state index contributed by atoms with van der Waals surface area (Å²) in [6, 6.07) is 4.83. The van der Waals surface area contributed by atoms with E-state index in [4.69, 9.17) is 0 Å². The number of halogens is 1. The molecule has 21 heavy (non-hydrogen) atoms. The number of likely N-dealkylation sites (tertiary alicyclic amines) is 1. The van der Waals surface area contributed by atoms with Crippen molar-refractivity contribution in [1.29, 1.82) is 0 Å². The monoisotopic (exact) mass is 353 g/mol. The third-order valence-electron chi connectivity index (χ3n) is 3.99. The van der Waals surface area contributed by atoms with E-state index in [2.05, 4.69) is 47.2 Å². The molecule has 1 heterocycles. The number of anilines is 1. The average Bonchev–Trinajstić information content (AvgIpc) is 2.42. The summed E-state index contributed by atoms with van der Waals surface area (Å²) in [4.78, 5) is 15.5. The van der Waals surface area contributed by atoms with Crippen molar-refractivity contribution in [2.75, 3.05) is 32.5 Å². The van der Waals surface area contributed by atoms with Gasteiger partial charge in [-0.1, -0.05) is 15.9 Å². The van der Waals surface area contributed by atoms with E-state index in [1.165, 1.54) is 16.8 Å². The minimum Gasteiger partial charge on any atom is -0.382 e. The maximum atomic E-state index is 11.9. The topological polar surface area (TPSA) is 35.6 Å². The number of benzene rings is 1. The highest BCUT2D eigenvalue weighted by Gasteiger charge is 2.24. The molecule has 0 bridgehead atoms. The standard InChI is InChI=1S/C16H24BrN3O/c1-11-9-13(17)10-12(2)15(11)18-14-5-7-20(8-6-14)16(21)19(3)4/h9-10,14,18H,5-8H2,1-4H3. The first-order chi connectivity index (χ1) is 9.88. The SMILES string of the molecule is Cc1cc(Br)cc(C)c1NC1CCN(C(=O)N(C)C)CC1. The summed E-state index contributed by atoms with van der Waals surface area (Å²) in [5.74, 6) is 0. The quantitative estimate of drug-likeness (QED) is 0.881. The number of carbonyl (C=O) groups excluding carboxylic acids is 1. The van der Waals surface area contributed by atoms with Crippen LogP contribution in [0.15, 0.2) is 16.6 Å². The smallest absolute Gasteiger partial charge is 0.319 e. The van der Waals surface area contributed by atoms with E-state index in [1.54, 1.807) is 19.0 Å². The van der Waals surface area contributed by atoms with Gasteiger partial charge in [-0.05, 0) is 49.9 Å². The molecule has 2 amide bonds. The number of urea groups is 1. The number of hydrogen-bond acceptors (Lipinski definition) is 2. The molecule has 0 unspecified atom stereocenters. The summed E-state index contributed by atoms with van der Waals surface area (Å²) >= 11 is 3.53. The first kappa shape index (κ1) is 16.1. The molecule has 2 rings (SSSR count). The van der Waals surface area contributed by atoms with Gasteiger partial charge in [0.05, 0.1) is 0 Å². The Labute approximate surface area is 135 Å². The van der Waals surface area contributed by atoms with Crippen LogP contribution in [-0.4, -0.2) is 49.1 Å². The Morgan fingerprint density at radius 3 is 2.24 bits per heavy atom. The summed E-state index contributed by atoms with van der Waals surface area (Å²) in [5, 5.41) is 3.66. The van der Waals surface area contributed by atoms with Crippen molar-refractivity contribution >= 4 is 27.6 Å². The van der Waals surface area contributed by atoms with Crippen LogP contribution < -0.4 is 5.32 Å². The molecule has 4 nitrogen and oxygen atoms in total. The van der Waals surface area contributed by atoms with Gasteiger partial charge in [0.1, 0.15) is 0 Å². The zero-order chi connectivity index (χ0) is 15.6. The Morgan fingerprint density at radius 1 is 1.24 bits per heavy atom. The molecule has 1 aliphatic heterocycles. The number of nitrogens with one attached hydrogen (secondary N) is 1. The number of rotatable bonds is 2. The van der Waals surface area contributed by atoms with Crippen LogP contribution in [0.2, 0.25) is 0 Å². The maximum absolute atomic E-state index is 11.9. The van der Waals surface area contributed by atoms with E-state index in [1.807, 2.05) is 4.90 Å². The second-order valence-electron chi connectivity index (χ2n) is 6.00. The fraction of sp³-hybridized carbons (Fsp3) is 0.562. The van der Waals surface area contributed by atoms with Crippen molar-refractivity contribution in [1.82, 2.24) is 9.80 Å². The second kappa shape index (κ2) is 6.69. The molecule has 116 valence electrons. The molecular weight excluding hydrogens is 330 g/mol. The molecule has 0 aliphatic carbocycles. The Kier molecular flexibility index (Phi) is 5.14. The molecule has 1 fully saturated rings. The molecule has 1 saturated heterocycles. The lowest BCUT2D eigenvalue weighted by molar-refractivity contribution is 0.158. The van der Waals surface area contributed by atoms with Gasteiger partial charge >= 0.3 is 6.03 Å². The third kappa shape index (κ3) is 3.90. The molecular formula is C16H24BrN3O. The molecule has 1 aliphatic rings. The summed E-state index contributed by atoms with van der Waals surface area (Å²) in [6.07, 6.45) is 1.99. The average molecular weight is 354 g/mol. The summed E-state index contributed by atoms with van der Waals surface area (Å²) in [6.45, 7) is 5.90. The summed E-state index contributed by atoms with van der Waals surface area (Å²) in [5.41, 5.74) is 3.75. The van der Waals surface area contributed by atoms with Gasteiger partial charge in [-0.2, -0.15) is 0 Å². The molecule has 0 spiro atoms. The van der Waals surface area contributed by atoms with Crippen LogP contribution in [0.25, 0.3) is 0 Å². The van der Waals surface area contributed by atoms with Gasteiger partial charge in [0, 0.05) is 43.4 Å². The molecule has 0 atom stereocenters. The largest absolute Gasteiger partial charge is 0.382 e. The van der Waals surface area contributed by atoms with Crippen molar-refractivity contribution in [2.45, 2.75) is 32.7 Å². The first-order valence-corrected chi connectivity index (χ1v) is 8.17.